The fourth-order valence-electron chi connectivity index (χ4n) is 4.08. The lowest BCUT2D eigenvalue weighted by Crippen LogP contribution is -2.43. The van der Waals surface area contributed by atoms with Crippen molar-refractivity contribution in [3.63, 3.8) is 0 Å². The number of nitrogens with one attached hydrogen (secondary N) is 1. The van der Waals surface area contributed by atoms with Crippen molar-refractivity contribution in [3.05, 3.63) is 65.2 Å². The molecule has 0 aromatic heterocycles. The van der Waals surface area contributed by atoms with Gasteiger partial charge in [0.05, 0.1) is 12.2 Å². The number of fused-ring (bicyclic) bond motifs is 2. The largest absolute Gasteiger partial charge is 0.500 e. The Morgan fingerprint density at radius 2 is 1.51 bits per heavy atom. The molecule has 1 N–H and O–H groups in total. The van der Waals surface area contributed by atoms with Crippen LogP contribution >= 0.6 is 0 Å². The monoisotopic (exact) mass is 494 g/mol. The number of benzene rings is 2. The van der Waals surface area contributed by atoms with Gasteiger partial charge in [0.15, 0.2) is 0 Å². The van der Waals surface area contributed by atoms with Crippen LogP contribution in [0.4, 0.5) is 5.69 Å². The molecule has 0 fully saturated rings. The Kier molecular flexibility index (Phi) is 10.1. The van der Waals surface area contributed by atoms with Gasteiger partial charge in [-0.3, -0.25) is 9.59 Å². The molecule has 0 atom stereocenters. The molecule has 3 rings (SSSR count). The molecule has 0 aliphatic carbocycles. The van der Waals surface area contributed by atoms with Crippen molar-refractivity contribution in [2.24, 2.45) is 0 Å². The number of para-hydroxylation sites is 1. The number of carbonyl (C=O) groups is 2. The van der Waals surface area contributed by atoms with Crippen LogP contribution in [0, 0.1) is 11.8 Å². The van der Waals surface area contributed by atoms with Crippen LogP contribution in [0.2, 0.25) is 6.04 Å². The summed E-state index contributed by atoms with van der Waals surface area (Å²) >= 11 is 0. The predicted molar refractivity (Wildman–Crippen MR) is 138 cm³/mol. The first-order chi connectivity index (χ1) is 17.0. The molecule has 0 saturated heterocycles. The van der Waals surface area contributed by atoms with Crippen LogP contribution in [-0.2, 0) is 29.4 Å². The van der Waals surface area contributed by atoms with Gasteiger partial charge in [0.2, 0.25) is 11.8 Å². The molecular formula is C27H34N2O5Si. The van der Waals surface area contributed by atoms with Crippen LogP contribution < -0.4 is 10.2 Å². The summed E-state index contributed by atoms with van der Waals surface area (Å²) in [5.41, 5.74) is 3.65. The highest BCUT2D eigenvalue weighted by Gasteiger charge is 2.36. The molecule has 7 nitrogen and oxygen atoms in total. The van der Waals surface area contributed by atoms with Crippen LogP contribution in [0.5, 0.6) is 0 Å². The molecule has 8 heteroatoms. The molecule has 1 aliphatic rings. The number of rotatable bonds is 12. The van der Waals surface area contributed by atoms with Gasteiger partial charge < -0.3 is 23.5 Å². The fourth-order valence-corrected chi connectivity index (χ4v) is 5.80. The van der Waals surface area contributed by atoms with Gasteiger partial charge in [0, 0.05) is 57.9 Å². The molecular weight excluding hydrogens is 460 g/mol. The van der Waals surface area contributed by atoms with E-state index in [4.69, 9.17) is 13.3 Å². The minimum atomic E-state index is -2.61. The third-order valence-corrected chi connectivity index (χ3v) is 8.96. The van der Waals surface area contributed by atoms with E-state index in [-0.39, 0.29) is 11.8 Å². The van der Waals surface area contributed by atoms with Gasteiger partial charge in [-0.1, -0.05) is 42.2 Å². The highest BCUT2D eigenvalue weighted by atomic mass is 28.4. The Bertz CT molecular complexity index is 1070. The number of hydrogen-bond donors (Lipinski definition) is 1. The first-order valence-electron chi connectivity index (χ1n) is 11.9. The molecule has 0 spiro atoms. The van der Waals surface area contributed by atoms with E-state index >= 15 is 0 Å². The highest BCUT2D eigenvalue weighted by Crippen LogP contribution is 2.26. The van der Waals surface area contributed by atoms with Crippen molar-refractivity contribution in [3.8, 4) is 11.8 Å². The molecule has 35 heavy (non-hydrogen) atoms. The van der Waals surface area contributed by atoms with Crippen molar-refractivity contribution in [2.75, 3.05) is 32.8 Å². The van der Waals surface area contributed by atoms with Crippen molar-refractivity contribution in [1.82, 2.24) is 5.32 Å². The second-order valence-corrected chi connectivity index (χ2v) is 11.5. The first-order valence-corrected chi connectivity index (χ1v) is 13.9. The fraction of sp³-hybridized carbons (Fsp3) is 0.407. The van der Waals surface area contributed by atoms with E-state index in [2.05, 4.69) is 17.2 Å². The molecule has 0 unspecified atom stereocenters. The molecule has 2 aromatic rings. The number of nitrogens with zero attached hydrogens (tertiary/aromatic N) is 1. The van der Waals surface area contributed by atoms with Crippen LogP contribution in [0.3, 0.4) is 0 Å². The van der Waals surface area contributed by atoms with Gasteiger partial charge in [-0.15, -0.1) is 0 Å². The number of unbranched alkanes of at least 4 members (excludes halogenated alkanes) is 1. The average Bonchev–Trinajstić information content (AvgIpc) is 2.88. The van der Waals surface area contributed by atoms with E-state index in [0.29, 0.717) is 51.2 Å². The molecule has 0 bridgehead atoms. The van der Waals surface area contributed by atoms with Crippen LogP contribution in [0.25, 0.3) is 0 Å². The van der Waals surface area contributed by atoms with Gasteiger partial charge in [-0.05, 0) is 43.0 Å². The van der Waals surface area contributed by atoms with E-state index in [9.17, 15) is 9.59 Å². The Morgan fingerprint density at radius 1 is 0.886 bits per heavy atom. The topological polar surface area (TPSA) is 77.1 Å². The van der Waals surface area contributed by atoms with Gasteiger partial charge in [0.1, 0.15) is 0 Å². The molecule has 2 amide bonds. The first kappa shape index (κ1) is 26.6. The summed E-state index contributed by atoms with van der Waals surface area (Å²) in [6, 6.07) is 16.3. The lowest BCUT2D eigenvalue weighted by molar-refractivity contribution is -0.122. The van der Waals surface area contributed by atoms with Gasteiger partial charge in [-0.25, -0.2) is 0 Å². The summed E-state index contributed by atoms with van der Waals surface area (Å²) in [5, 5.41) is 2.92. The molecule has 186 valence electrons. The second kappa shape index (κ2) is 13.2. The maximum absolute atomic E-state index is 13.2. The molecule has 1 heterocycles. The zero-order valence-corrected chi connectivity index (χ0v) is 21.8. The third kappa shape index (κ3) is 7.26. The summed E-state index contributed by atoms with van der Waals surface area (Å²) in [4.78, 5) is 27.2. The Morgan fingerprint density at radius 3 is 2.26 bits per heavy atom. The highest BCUT2D eigenvalue weighted by molar-refractivity contribution is 6.60. The van der Waals surface area contributed by atoms with Crippen molar-refractivity contribution >= 4 is 26.3 Å². The second-order valence-electron chi connectivity index (χ2n) is 8.36. The van der Waals surface area contributed by atoms with Gasteiger partial charge in [-0.2, -0.15) is 0 Å². The van der Waals surface area contributed by atoms with Crippen molar-refractivity contribution in [1.29, 1.82) is 0 Å². The van der Waals surface area contributed by atoms with Crippen LogP contribution in [0.1, 0.15) is 48.8 Å². The van der Waals surface area contributed by atoms with E-state index in [0.717, 1.165) is 22.4 Å². The molecule has 0 radical (unpaired) electrons. The predicted octanol–water partition coefficient (Wildman–Crippen LogP) is 3.88. The summed E-state index contributed by atoms with van der Waals surface area (Å²) in [7, 11) is 2.14. The van der Waals surface area contributed by atoms with Gasteiger partial charge >= 0.3 is 8.80 Å². The van der Waals surface area contributed by atoms with Crippen LogP contribution in [0.15, 0.2) is 48.5 Å². The number of anilines is 1. The number of carbonyl (C=O) groups excluding carboxylic acids is 2. The number of amides is 2. The number of hydrogen-bond acceptors (Lipinski definition) is 5. The molecule has 2 aromatic carbocycles. The summed E-state index contributed by atoms with van der Waals surface area (Å²) in [5.74, 6) is 6.47. The lowest BCUT2D eigenvalue weighted by Gasteiger charge is -2.26. The maximum atomic E-state index is 13.2. The third-order valence-electron chi connectivity index (χ3n) is 6.13. The average molecular weight is 495 g/mol. The summed E-state index contributed by atoms with van der Waals surface area (Å²) < 4.78 is 16.2. The van der Waals surface area contributed by atoms with E-state index in [1.54, 1.807) is 21.3 Å². The van der Waals surface area contributed by atoms with Crippen LogP contribution in [-0.4, -0.2) is 48.5 Å². The summed E-state index contributed by atoms with van der Waals surface area (Å²) in [6.45, 7) is 1.02. The normalized spacial score (nSPS) is 12.5. The smallest absolute Gasteiger partial charge is 0.377 e. The Hall–Kier alpha value is -2.96. The van der Waals surface area contributed by atoms with E-state index in [1.807, 2.05) is 53.4 Å². The summed E-state index contributed by atoms with van der Waals surface area (Å²) in [6.07, 6.45) is 2.77. The zero-order valence-electron chi connectivity index (χ0n) is 20.8. The SMILES string of the molecule is CO[Si](CCCNC(=O)CCCCC(=O)N1Cc2ccccc2C#Cc2ccccc21)(OC)OC. The van der Waals surface area contributed by atoms with E-state index in [1.165, 1.54) is 0 Å². The quantitative estimate of drug-likeness (QED) is 0.275. The Labute approximate surface area is 209 Å². The lowest BCUT2D eigenvalue weighted by atomic mass is 10.0. The van der Waals surface area contributed by atoms with Crippen molar-refractivity contribution in [2.45, 2.75) is 44.7 Å². The van der Waals surface area contributed by atoms with Gasteiger partial charge in [0.25, 0.3) is 0 Å². The Balaban J connectivity index is 1.48. The van der Waals surface area contributed by atoms with Crippen molar-refractivity contribution < 1.29 is 22.9 Å². The molecule has 0 saturated carbocycles. The minimum Gasteiger partial charge on any atom is -0.377 e. The zero-order chi connectivity index (χ0) is 25.1. The molecule has 1 aliphatic heterocycles. The standard InChI is InChI=1S/C27H34N2O5Si/c1-32-35(33-2,34-3)20-10-19-28-26(30)15-8-9-16-27(31)29-21-24-13-5-4-11-22(24)17-18-23-12-6-7-14-25(23)29/h4-7,11-14H,8-10,15-16,19-21H2,1-3H3,(H,28,30). The van der Waals surface area contributed by atoms with E-state index < -0.39 is 8.80 Å². The maximum Gasteiger partial charge on any atom is 0.500 e. The minimum absolute atomic E-state index is 0.0160.